The molecule has 3 nitrogen and oxygen atoms in total. The fourth-order valence-corrected chi connectivity index (χ4v) is 3.19. The van der Waals surface area contributed by atoms with Crippen molar-refractivity contribution in [1.29, 1.82) is 0 Å². The maximum Gasteiger partial charge on any atom is 0.132 e. The van der Waals surface area contributed by atoms with Gasteiger partial charge in [0, 0.05) is 18.2 Å². The van der Waals surface area contributed by atoms with Crippen molar-refractivity contribution < 1.29 is 4.39 Å². The average molecular weight is 333 g/mol. The Morgan fingerprint density at radius 1 is 1.04 bits per heavy atom. The summed E-state index contributed by atoms with van der Waals surface area (Å²) in [7, 11) is 0. The van der Waals surface area contributed by atoms with Crippen LogP contribution < -0.4 is 5.32 Å². The Bertz CT molecular complexity index is 1050. The van der Waals surface area contributed by atoms with E-state index in [-0.39, 0.29) is 5.82 Å². The number of aromatic nitrogens is 2. The predicted molar refractivity (Wildman–Crippen MR) is 100 cm³/mol. The molecule has 0 radical (unpaired) electrons. The SMILES string of the molecule is CC(C)NCc1cc(-c2ccccc2F)n2c1cnc1ccccc12. The molecule has 0 aliphatic carbocycles. The molecule has 0 fully saturated rings. The summed E-state index contributed by atoms with van der Waals surface area (Å²) in [5.41, 5.74) is 5.45. The Hall–Kier alpha value is -2.72. The summed E-state index contributed by atoms with van der Waals surface area (Å²) in [6.07, 6.45) is 1.88. The van der Waals surface area contributed by atoms with E-state index < -0.39 is 0 Å². The summed E-state index contributed by atoms with van der Waals surface area (Å²) >= 11 is 0. The van der Waals surface area contributed by atoms with Crippen LogP contribution >= 0.6 is 0 Å². The van der Waals surface area contributed by atoms with Crippen molar-refractivity contribution in [2.24, 2.45) is 0 Å². The molecule has 4 aromatic rings. The quantitative estimate of drug-likeness (QED) is 0.582. The van der Waals surface area contributed by atoms with Gasteiger partial charge in [0.15, 0.2) is 0 Å². The first-order chi connectivity index (χ1) is 12.1. The summed E-state index contributed by atoms with van der Waals surface area (Å²) in [5, 5.41) is 3.45. The second kappa shape index (κ2) is 6.30. The molecule has 2 heterocycles. The fraction of sp³-hybridized carbons (Fsp3) is 0.190. The molecule has 0 aliphatic heterocycles. The van der Waals surface area contributed by atoms with Crippen molar-refractivity contribution in [3.63, 3.8) is 0 Å². The topological polar surface area (TPSA) is 29.3 Å². The molecule has 1 N–H and O–H groups in total. The van der Waals surface area contributed by atoms with Crippen LogP contribution in [0.1, 0.15) is 19.4 Å². The van der Waals surface area contributed by atoms with Crippen molar-refractivity contribution in [2.45, 2.75) is 26.4 Å². The van der Waals surface area contributed by atoms with Crippen LogP contribution in [0.25, 0.3) is 27.8 Å². The summed E-state index contributed by atoms with van der Waals surface area (Å²) in [6, 6.07) is 17.3. The second-order valence-corrected chi connectivity index (χ2v) is 6.54. The molecule has 25 heavy (non-hydrogen) atoms. The molecule has 0 aliphatic rings. The van der Waals surface area contributed by atoms with Crippen molar-refractivity contribution in [3.8, 4) is 11.3 Å². The van der Waals surface area contributed by atoms with Crippen molar-refractivity contribution in [1.82, 2.24) is 14.7 Å². The van der Waals surface area contributed by atoms with Gasteiger partial charge in [0.05, 0.1) is 28.4 Å². The van der Waals surface area contributed by atoms with Crippen LogP contribution in [0.15, 0.2) is 60.8 Å². The van der Waals surface area contributed by atoms with Gasteiger partial charge in [-0.3, -0.25) is 4.98 Å². The lowest BCUT2D eigenvalue weighted by atomic mass is 10.1. The van der Waals surface area contributed by atoms with Crippen LogP contribution in [0.3, 0.4) is 0 Å². The van der Waals surface area contributed by atoms with E-state index in [9.17, 15) is 4.39 Å². The molecular formula is C21H20FN3. The number of para-hydroxylation sites is 2. The maximum absolute atomic E-state index is 14.5. The van der Waals surface area contributed by atoms with E-state index in [2.05, 4.69) is 34.6 Å². The predicted octanol–water partition coefficient (Wildman–Crippen LogP) is 4.79. The Balaban J connectivity index is 2.03. The van der Waals surface area contributed by atoms with Crippen molar-refractivity contribution >= 4 is 16.6 Å². The molecule has 0 unspecified atom stereocenters. The lowest BCUT2D eigenvalue weighted by Crippen LogP contribution is -2.21. The fourth-order valence-electron chi connectivity index (χ4n) is 3.19. The lowest BCUT2D eigenvalue weighted by Gasteiger charge is -2.09. The van der Waals surface area contributed by atoms with Crippen LogP contribution in [-0.2, 0) is 6.54 Å². The Morgan fingerprint density at radius 3 is 2.60 bits per heavy atom. The number of hydrogen-bond donors (Lipinski definition) is 1. The van der Waals surface area contributed by atoms with Crippen LogP contribution in [0, 0.1) is 5.82 Å². The highest BCUT2D eigenvalue weighted by Gasteiger charge is 2.16. The first-order valence-electron chi connectivity index (χ1n) is 8.51. The highest BCUT2D eigenvalue weighted by molar-refractivity contribution is 5.84. The number of fused-ring (bicyclic) bond motifs is 3. The van der Waals surface area contributed by atoms with E-state index in [1.165, 1.54) is 6.07 Å². The number of halogens is 1. The van der Waals surface area contributed by atoms with Crippen LogP contribution in [0.4, 0.5) is 4.39 Å². The Labute approximate surface area is 146 Å². The van der Waals surface area contributed by atoms with Gasteiger partial charge in [0.25, 0.3) is 0 Å². The molecule has 2 aromatic heterocycles. The minimum Gasteiger partial charge on any atom is -0.310 e. The van der Waals surface area contributed by atoms with Gasteiger partial charge in [-0.25, -0.2) is 4.39 Å². The first-order valence-corrected chi connectivity index (χ1v) is 8.51. The Morgan fingerprint density at radius 2 is 1.80 bits per heavy atom. The summed E-state index contributed by atoms with van der Waals surface area (Å²) in [4.78, 5) is 4.58. The number of nitrogens with one attached hydrogen (secondary N) is 1. The number of nitrogens with zero attached hydrogens (tertiary/aromatic N) is 2. The van der Waals surface area contributed by atoms with Gasteiger partial charge in [-0.05, 0) is 35.9 Å². The standard InChI is InChI=1S/C21H20FN3/c1-14(2)23-12-15-11-20(16-7-3-4-8-17(16)22)25-19-10-6-5-9-18(19)24-13-21(15)25/h3-11,13-14,23H,12H2,1-2H3. The van der Waals surface area contributed by atoms with Crippen LogP contribution in [0.5, 0.6) is 0 Å². The lowest BCUT2D eigenvalue weighted by molar-refractivity contribution is 0.591. The van der Waals surface area contributed by atoms with Crippen LogP contribution in [0.2, 0.25) is 0 Å². The third kappa shape index (κ3) is 2.79. The Kier molecular flexibility index (Phi) is 3.98. The van der Waals surface area contributed by atoms with Gasteiger partial charge >= 0.3 is 0 Å². The minimum atomic E-state index is -0.217. The molecule has 0 atom stereocenters. The van der Waals surface area contributed by atoms with E-state index in [0.29, 0.717) is 11.6 Å². The molecular weight excluding hydrogens is 313 g/mol. The first kappa shape index (κ1) is 15.8. The molecule has 4 heteroatoms. The average Bonchev–Trinajstić information content (AvgIpc) is 2.99. The van der Waals surface area contributed by atoms with Gasteiger partial charge in [-0.1, -0.05) is 38.1 Å². The van der Waals surface area contributed by atoms with Crippen molar-refractivity contribution in [2.75, 3.05) is 0 Å². The smallest absolute Gasteiger partial charge is 0.132 e. The maximum atomic E-state index is 14.5. The summed E-state index contributed by atoms with van der Waals surface area (Å²) in [5.74, 6) is -0.217. The van der Waals surface area contributed by atoms with Crippen molar-refractivity contribution in [3.05, 3.63) is 72.2 Å². The zero-order valence-corrected chi connectivity index (χ0v) is 14.3. The van der Waals surface area contributed by atoms with E-state index in [1.807, 2.05) is 42.6 Å². The van der Waals surface area contributed by atoms with E-state index in [4.69, 9.17) is 0 Å². The largest absolute Gasteiger partial charge is 0.310 e. The molecule has 0 saturated heterocycles. The zero-order valence-electron chi connectivity index (χ0n) is 14.3. The van der Waals surface area contributed by atoms with Gasteiger partial charge in [0.1, 0.15) is 5.82 Å². The molecule has 0 saturated carbocycles. The number of rotatable bonds is 4. The second-order valence-electron chi connectivity index (χ2n) is 6.54. The van der Waals surface area contributed by atoms with E-state index in [1.54, 1.807) is 6.07 Å². The summed E-state index contributed by atoms with van der Waals surface area (Å²) in [6.45, 7) is 4.95. The monoisotopic (exact) mass is 333 g/mol. The molecule has 4 rings (SSSR count). The van der Waals surface area contributed by atoms with Crippen LogP contribution in [-0.4, -0.2) is 15.4 Å². The van der Waals surface area contributed by atoms with Gasteiger partial charge in [0.2, 0.25) is 0 Å². The molecule has 2 aromatic carbocycles. The van der Waals surface area contributed by atoms with Gasteiger partial charge < -0.3 is 9.72 Å². The minimum absolute atomic E-state index is 0.217. The zero-order chi connectivity index (χ0) is 17.4. The molecule has 126 valence electrons. The van der Waals surface area contributed by atoms with E-state index >= 15 is 0 Å². The molecule has 0 spiro atoms. The highest BCUT2D eigenvalue weighted by Crippen LogP contribution is 2.31. The highest BCUT2D eigenvalue weighted by atomic mass is 19.1. The molecule has 0 amide bonds. The molecule has 0 bridgehead atoms. The summed E-state index contributed by atoms with van der Waals surface area (Å²) < 4.78 is 16.6. The van der Waals surface area contributed by atoms with Gasteiger partial charge in [-0.15, -0.1) is 0 Å². The normalized spacial score (nSPS) is 11.7. The third-order valence-corrected chi connectivity index (χ3v) is 4.42. The van der Waals surface area contributed by atoms with E-state index in [0.717, 1.165) is 34.4 Å². The third-order valence-electron chi connectivity index (χ3n) is 4.42. The van der Waals surface area contributed by atoms with Gasteiger partial charge in [-0.2, -0.15) is 0 Å². The number of hydrogen-bond acceptors (Lipinski definition) is 2. The number of benzene rings is 2.